The van der Waals surface area contributed by atoms with Gasteiger partial charge in [0.05, 0.1) is 0 Å². The molecule has 19 heavy (non-hydrogen) atoms. The lowest BCUT2D eigenvalue weighted by atomic mass is 10.1. The van der Waals surface area contributed by atoms with Crippen molar-refractivity contribution in [2.75, 3.05) is 13.1 Å². The van der Waals surface area contributed by atoms with E-state index in [0.29, 0.717) is 0 Å². The van der Waals surface area contributed by atoms with Gasteiger partial charge in [0.15, 0.2) is 0 Å². The minimum atomic E-state index is 0.0270. The van der Waals surface area contributed by atoms with Gasteiger partial charge in [-0.2, -0.15) is 0 Å². The number of rotatable bonds is 8. The van der Waals surface area contributed by atoms with Crippen LogP contribution in [0.2, 0.25) is 0 Å². The Morgan fingerprint density at radius 1 is 1.21 bits per heavy atom. The van der Waals surface area contributed by atoms with E-state index in [0.717, 1.165) is 25.9 Å². The Bertz CT molecular complexity index is 364. The van der Waals surface area contributed by atoms with E-state index >= 15 is 0 Å². The zero-order chi connectivity index (χ0) is 14.1. The van der Waals surface area contributed by atoms with Crippen LogP contribution < -0.4 is 10.6 Å². The van der Waals surface area contributed by atoms with Crippen molar-refractivity contribution < 1.29 is 4.79 Å². The molecule has 0 aliphatic heterocycles. The van der Waals surface area contributed by atoms with Crippen molar-refractivity contribution in [2.45, 2.75) is 39.7 Å². The fourth-order valence-electron chi connectivity index (χ4n) is 1.94. The van der Waals surface area contributed by atoms with Gasteiger partial charge in [-0.1, -0.05) is 44.2 Å². The summed E-state index contributed by atoms with van der Waals surface area (Å²) >= 11 is 0. The molecule has 1 aromatic carbocycles. The molecule has 0 bridgehead atoms. The molecule has 2 N–H and O–H groups in total. The van der Waals surface area contributed by atoms with Crippen molar-refractivity contribution >= 4 is 5.91 Å². The number of carbonyl (C=O) groups is 1. The smallest absolute Gasteiger partial charge is 0.224 e. The van der Waals surface area contributed by atoms with E-state index in [1.807, 2.05) is 19.9 Å². The van der Waals surface area contributed by atoms with Gasteiger partial charge in [0.25, 0.3) is 0 Å². The van der Waals surface area contributed by atoms with Crippen molar-refractivity contribution in [3.63, 3.8) is 0 Å². The lowest BCUT2D eigenvalue weighted by Gasteiger charge is -2.17. The van der Waals surface area contributed by atoms with Crippen LogP contribution in [0.4, 0.5) is 0 Å². The predicted octanol–water partition coefficient (Wildman–Crippen LogP) is 2.37. The SMILES string of the molecule is CCNCC(C)C(=O)NC(C)CCc1ccccc1. The topological polar surface area (TPSA) is 41.1 Å². The van der Waals surface area contributed by atoms with Crippen LogP contribution in [0.1, 0.15) is 32.8 Å². The van der Waals surface area contributed by atoms with Crippen molar-refractivity contribution in [1.82, 2.24) is 10.6 Å². The third-order valence-corrected chi connectivity index (χ3v) is 3.25. The number of aryl methyl sites for hydroxylation is 1. The second-order valence-electron chi connectivity index (χ2n) is 5.14. The lowest BCUT2D eigenvalue weighted by Crippen LogP contribution is -2.40. The fourth-order valence-corrected chi connectivity index (χ4v) is 1.94. The standard InChI is InChI=1S/C16H26N2O/c1-4-17-12-13(2)16(19)18-14(3)10-11-15-8-6-5-7-9-15/h5-9,13-14,17H,4,10-12H2,1-3H3,(H,18,19). The van der Waals surface area contributed by atoms with E-state index in [1.54, 1.807) is 0 Å². The van der Waals surface area contributed by atoms with Gasteiger partial charge in [-0.25, -0.2) is 0 Å². The molecule has 3 nitrogen and oxygen atoms in total. The Morgan fingerprint density at radius 2 is 1.89 bits per heavy atom. The van der Waals surface area contributed by atoms with Crippen molar-refractivity contribution in [3.05, 3.63) is 35.9 Å². The van der Waals surface area contributed by atoms with Crippen LogP contribution >= 0.6 is 0 Å². The zero-order valence-corrected chi connectivity index (χ0v) is 12.3. The molecule has 0 fully saturated rings. The van der Waals surface area contributed by atoms with Gasteiger partial charge < -0.3 is 10.6 Å². The molecule has 2 atom stereocenters. The summed E-state index contributed by atoms with van der Waals surface area (Å²) in [6, 6.07) is 10.6. The van der Waals surface area contributed by atoms with Crippen LogP contribution in [-0.2, 0) is 11.2 Å². The Morgan fingerprint density at radius 3 is 2.53 bits per heavy atom. The molecule has 0 radical (unpaired) electrons. The Kier molecular flexibility index (Phi) is 7.19. The van der Waals surface area contributed by atoms with Gasteiger partial charge >= 0.3 is 0 Å². The summed E-state index contributed by atoms with van der Waals surface area (Å²) in [5, 5.41) is 6.28. The maximum atomic E-state index is 11.9. The van der Waals surface area contributed by atoms with E-state index in [2.05, 4.69) is 41.8 Å². The predicted molar refractivity (Wildman–Crippen MR) is 80.1 cm³/mol. The third-order valence-electron chi connectivity index (χ3n) is 3.25. The van der Waals surface area contributed by atoms with Gasteiger partial charge in [-0.05, 0) is 31.9 Å². The number of nitrogens with one attached hydrogen (secondary N) is 2. The first-order valence-electron chi connectivity index (χ1n) is 7.18. The highest BCUT2D eigenvalue weighted by atomic mass is 16.1. The lowest BCUT2D eigenvalue weighted by molar-refractivity contribution is -0.125. The third kappa shape index (κ3) is 6.39. The quantitative estimate of drug-likeness (QED) is 0.755. The maximum Gasteiger partial charge on any atom is 0.224 e. The summed E-state index contributed by atoms with van der Waals surface area (Å²) < 4.78 is 0. The number of amides is 1. The van der Waals surface area contributed by atoms with Crippen LogP contribution in [0.5, 0.6) is 0 Å². The minimum absolute atomic E-state index is 0.0270. The average molecular weight is 262 g/mol. The van der Waals surface area contributed by atoms with Crippen molar-refractivity contribution in [2.24, 2.45) is 5.92 Å². The van der Waals surface area contributed by atoms with Gasteiger partial charge in [-0.3, -0.25) is 4.79 Å². The molecule has 0 aliphatic rings. The van der Waals surface area contributed by atoms with Crippen LogP contribution in [0.3, 0.4) is 0 Å². The number of benzene rings is 1. The average Bonchev–Trinajstić information content (AvgIpc) is 2.43. The molecule has 0 heterocycles. The first kappa shape index (κ1) is 15.7. The van der Waals surface area contributed by atoms with E-state index in [9.17, 15) is 4.79 Å². The normalized spacial score (nSPS) is 13.8. The number of hydrogen-bond donors (Lipinski definition) is 2. The molecular weight excluding hydrogens is 236 g/mol. The monoisotopic (exact) mass is 262 g/mol. The molecule has 106 valence electrons. The molecule has 2 unspecified atom stereocenters. The van der Waals surface area contributed by atoms with E-state index in [4.69, 9.17) is 0 Å². The second-order valence-corrected chi connectivity index (χ2v) is 5.14. The second kappa shape index (κ2) is 8.70. The van der Waals surface area contributed by atoms with Gasteiger partial charge in [0.2, 0.25) is 5.91 Å². The fraction of sp³-hybridized carbons (Fsp3) is 0.562. The van der Waals surface area contributed by atoms with Gasteiger partial charge in [-0.15, -0.1) is 0 Å². The molecule has 1 aromatic rings. The van der Waals surface area contributed by atoms with Crippen LogP contribution in [0, 0.1) is 5.92 Å². The molecule has 0 saturated heterocycles. The van der Waals surface area contributed by atoms with E-state index < -0.39 is 0 Å². The largest absolute Gasteiger partial charge is 0.353 e. The zero-order valence-electron chi connectivity index (χ0n) is 12.3. The van der Waals surface area contributed by atoms with E-state index in [-0.39, 0.29) is 17.9 Å². The van der Waals surface area contributed by atoms with Crippen LogP contribution in [0.25, 0.3) is 0 Å². The van der Waals surface area contributed by atoms with Crippen molar-refractivity contribution in [1.29, 1.82) is 0 Å². The van der Waals surface area contributed by atoms with Gasteiger partial charge in [0.1, 0.15) is 0 Å². The molecule has 3 heteroatoms. The summed E-state index contributed by atoms with van der Waals surface area (Å²) in [6.45, 7) is 7.73. The summed E-state index contributed by atoms with van der Waals surface area (Å²) in [5.41, 5.74) is 1.32. The summed E-state index contributed by atoms with van der Waals surface area (Å²) in [5.74, 6) is 0.167. The molecule has 0 spiro atoms. The van der Waals surface area contributed by atoms with Gasteiger partial charge in [0, 0.05) is 18.5 Å². The number of carbonyl (C=O) groups excluding carboxylic acids is 1. The Balaban J connectivity index is 2.26. The highest BCUT2D eigenvalue weighted by Crippen LogP contribution is 2.05. The molecule has 0 aliphatic carbocycles. The number of hydrogen-bond acceptors (Lipinski definition) is 2. The highest BCUT2D eigenvalue weighted by Gasteiger charge is 2.14. The summed E-state index contributed by atoms with van der Waals surface area (Å²) in [7, 11) is 0. The Hall–Kier alpha value is -1.35. The first-order chi connectivity index (χ1) is 9.13. The minimum Gasteiger partial charge on any atom is -0.353 e. The first-order valence-corrected chi connectivity index (χ1v) is 7.18. The molecule has 0 aromatic heterocycles. The highest BCUT2D eigenvalue weighted by molar-refractivity contribution is 5.78. The molecule has 1 rings (SSSR count). The Labute approximate surface area is 116 Å². The van der Waals surface area contributed by atoms with Crippen molar-refractivity contribution in [3.8, 4) is 0 Å². The van der Waals surface area contributed by atoms with Crippen LogP contribution in [0.15, 0.2) is 30.3 Å². The van der Waals surface area contributed by atoms with Crippen LogP contribution in [-0.4, -0.2) is 25.0 Å². The molecule has 0 saturated carbocycles. The van der Waals surface area contributed by atoms with E-state index in [1.165, 1.54) is 5.56 Å². The molecule has 1 amide bonds. The summed E-state index contributed by atoms with van der Waals surface area (Å²) in [6.07, 6.45) is 1.98. The molecular formula is C16H26N2O. The summed E-state index contributed by atoms with van der Waals surface area (Å²) in [4.78, 5) is 11.9. The maximum absolute atomic E-state index is 11.9.